The monoisotopic (exact) mass is 423 g/mol. The first-order valence-electron chi connectivity index (χ1n) is 10.9. The number of benzene rings is 1. The molecule has 1 aliphatic heterocycles. The maximum Gasteiger partial charge on any atom is 0.287 e. The summed E-state index contributed by atoms with van der Waals surface area (Å²) in [6.45, 7) is 1.87. The molecule has 1 saturated heterocycles. The van der Waals surface area contributed by atoms with Gasteiger partial charge in [0.05, 0.1) is 0 Å². The van der Waals surface area contributed by atoms with Crippen LogP contribution in [0.15, 0.2) is 24.3 Å². The van der Waals surface area contributed by atoms with Crippen LogP contribution in [0.25, 0.3) is 0 Å². The lowest BCUT2D eigenvalue weighted by Crippen LogP contribution is -2.50. The van der Waals surface area contributed by atoms with E-state index in [4.69, 9.17) is 4.74 Å². The van der Waals surface area contributed by atoms with E-state index in [0.29, 0.717) is 31.4 Å². The number of nitrogens with one attached hydrogen (secondary N) is 3. The Hall–Kier alpha value is -1.93. The zero-order valence-corrected chi connectivity index (χ0v) is 17.2. The lowest BCUT2D eigenvalue weighted by atomic mass is 9.76. The lowest BCUT2D eigenvalue weighted by Gasteiger charge is -2.36. The van der Waals surface area contributed by atoms with Crippen molar-refractivity contribution in [1.29, 1.82) is 0 Å². The Morgan fingerprint density at radius 1 is 1.03 bits per heavy atom. The molecule has 8 heteroatoms. The van der Waals surface area contributed by atoms with Crippen LogP contribution in [0.1, 0.15) is 57.8 Å². The number of rotatable bonds is 5. The van der Waals surface area contributed by atoms with Crippen molar-refractivity contribution in [2.24, 2.45) is 5.41 Å². The number of hydrogen-bond donors (Lipinski definition) is 4. The van der Waals surface area contributed by atoms with E-state index < -0.39 is 17.4 Å². The van der Waals surface area contributed by atoms with Crippen molar-refractivity contribution in [3.63, 3.8) is 0 Å². The van der Waals surface area contributed by atoms with Crippen LogP contribution in [-0.4, -0.2) is 41.8 Å². The summed E-state index contributed by atoms with van der Waals surface area (Å²) in [7, 11) is 0. The van der Waals surface area contributed by atoms with Crippen LogP contribution in [-0.2, 0) is 4.79 Å². The molecule has 1 atom stereocenters. The van der Waals surface area contributed by atoms with Crippen molar-refractivity contribution in [3.05, 3.63) is 24.3 Å². The molecule has 1 aromatic carbocycles. The molecule has 6 nitrogen and oxygen atoms in total. The highest BCUT2D eigenvalue weighted by Crippen LogP contribution is 2.51. The predicted octanol–water partition coefficient (Wildman–Crippen LogP) is 3.85. The summed E-state index contributed by atoms with van der Waals surface area (Å²) >= 11 is 0. The summed E-state index contributed by atoms with van der Waals surface area (Å²) in [5.74, 6) is -2.47. The molecule has 2 saturated carbocycles. The van der Waals surface area contributed by atoms with Gasteiger partial charge in [-0.25, -0.2) is 14.3 Å². The molecule has 166 valence electrons. The number of halogens is 2. The highest BCUT2D eigenvalue weighted by Gasteiger charge is 2.54. The third-order valence-corrected chi connectivity index (χ3v) is 7.15. The second-order valence-electron chi connectivity index (χ2n) is 9.26. The number of anilines is 1. The lowest BCUT2D eigenvalue weighted by molar-refractivity contribution is -0.146. The van der Waals surface area contributed by atoms with Crippen LogP contribution >= 0.6 is 0 Å². The van der Waals surface area contributed by atoms with Gasteiger partial charge in [0, 0.05) is 31.0 Å². The van der Waals surface area contributed by atoms with Crippen LogP contribution in [0.4, 0.5) is 14.5 Å². The molecular weight excluding hydrogens is 392 g/mol. The van der Waals surface area contributed by atoms with Gasteiger partial charge in [0.1, 0.15) is 5.75 Å². The Morgan fingerprint density at radius 3 is 2.33 bits per heavy atom. The second kappa shape index (κ2) is 8.30. The van der Waals surface area contributed by atoms with E-state index in [1.165, 1.54) is 0 Å². The zero-order chi connectivity index (χ0) is 21.2. The maximum absolute atomic E-state index is 13.3. The van der Waals surface area contributed by atoms with E-state index in [0.717, 1.165) is 38.0 Å². The number of amides is 1. The van der Waals surface area contributed by atoms with Crippen LogP contribution in [0.5, 0.6) is 5.75 Å². The first-order chi connectivity index (χ1) is 14.3. The average molecular weight is 424 g/mol. The number of piperidine rings is 1. The molecule has 4 rings (SSSR count). The summed E-state index contributed by atoms with van der Waals surface area (Å²) in [6, 6.07) is 7.32. The Kier molecular flexibility index (Phi) is 5.90. The van der Waals surface area contributed by atoms with E-state index in [1.807, 2.05) is 17.6 Å². The summed E-state index contributed by atoms with van der Waals surface area (Å²) in [5, 5.41) is 16.0. The summed E-state index contributed by atoms with van der Waals surface area (Å²) in [4.78, 5) is 12.6. The number of carbonyl (C=O) groups is 1. The smallest absolute Gasteiger partial charge is 0.287 e. The quantitative estimate of drug-likeness (QED) is 0.427. The van der Waals surface area contributed by atoms with Crippen molar-refractivity contribution < 1.29 is 23.5 Å². The van der Waals surface area contributed by atoms with E-state index in [1.54, 1.807) is 12.1 Å². The minimum atomic E-state index is -2.54. The number of hydroxylamine groups is 1. The van der Waals surface area contributed by atoms with Gasteiger partial charge >= 0.3 is 0 Å². The van der Waals surface area contributed by atoms with Gasteiger partial charge in [-0.1, -0.05) is 0 Å². The standard InChI is InChI=1S/C22H31F2N3O3/c23-22(24)7-5-17(6-8-22)26-16-1-3-18(4-2-16)30-21(19(28)27-29)10-9-20(15-21)11-13-25-14-12-20/h1-4,17,25-26,29H,5-15H2,(H,27,28). The molecule has 30 heavy (non-hydrogen) atoms. The average Bonchev–Trinajstić information content (AvgIpc) is 3.09. The molecule has 4 N–H and O–H groups in total. The van der Waals surface area contributed by atoms with E-state index in [9.17, 15) is 18.8 Å². The fraction of sp³-hybridized carbons (Fsp3) is 0.682. The van der Waals surface area contributed by atoms with Crippen molar-refractivity contribution in [1.82, 2.24) is 10.8 Å². The Bertz CT molecular complexity index is 742. The molecule has 0 radical (unpaired) electrons. The van der Waals surface area contributed by atoms with Crippen molar-refractivity contribution in [2.75, 3.05) is 18.4 Å². The van der Waals surface area contributed by atoms with Crippen molar-refractivity contribution >= 4 is 11.6 Å². The van der Waals surface area contributed by atoms with Crippen LogP contribution in [0.2, 0.25) is 0 Å². The molecule has 0 bridgehead atoms. The molecule has 1 unspecified atom stereocenters. The largest absolute Gasteiger partial charge is 0.477 e. The minimum absolute atomic E-state index is 0.0394. The molecule has 3 fully saturated rings. The first-order valence-corrected chi connectivity index (χ1v) is 10.9. The van der Waals surface area contributed by atoms with E-state index in [2.05, 4.69) is 10.6 Å². The van der Waals surface area contributed by atoms with Crippen molar-refractivity contribution in [2.45, 2.75) is 75.4 Å². The summed E-state index contributed by atoms with van der Waals surface area (Å²) < 4.78 is 32.9. The molecule has 3 aliphatic rings. The fourth-order valence-electron chi connectivity index (χ4n) is 5.33. The number of ether oxygens (including phenoxy) is 1. The van der Waals surface area contributed by atoms with Crippen molar-refractivity contribution in [3.8, 4) is 5.75 Å². The van der Waals surface area contributed by atoms with Gasteiger partial charge in [0.2, 0.25) is 5.92 Å². The number of carbonyl (C=O) groups excluding carboxylic acids is 1. The van der Waals surface area contributed by atoms with Gasteiger partial charge in [-0.15, -0.1) is 0 Å². The molecule has 1 amide bonds. The van der Waals surface area contributed by atoms with Crippen LogP contribution in [0.3, 0.4) is 0 Å². The molecule has 1 aromatic rings. The second-order valence-corrected chi connectivity index (χ2v) is 9.26. The van der Waals surface area contributed by atoms with Gasteiger partial charge in [0.25, 0.3) is 5.91 Å². The van der Waals surface area contributed by atoms with Crippen LogP contribution in [0, 0.1) is 5.41 Å². The highest BCUT2D eigenvalue weighted by atomic mass is 19.3. The summed E-state index contributed by atoms with van der Waals surface area (Å²) in [5.41, 5.74) is 1.65. The molecule has 0 aromatic heterocycles. The van der Waals surface area contributed by atoms with Gasteiger partial charge in [0.15, 0.2) is 5.60 Å². The van der Waals surface area contributed by atoms with Gasteiger partial charge < -0.3 is 15.4 Å². The number of alkyl halides is 2. The minimum Gasteiger partial charge on any atom is -0.477 e. The van der Waals surface area contributed by atoms with E-state index in [-0.39, 0.29) is 24.3 Å². The normalized spacial score (nSPS) is 28.2. The topological polar surface area (TPSA) is 82.6 Å². The van der Waals surface area contributed by atoms with Gasteiger partial charge in [-0.2, -0.15) is 0 Å². The third-order valence-electron chi connectivity index (χ3n) is 7.15. The Balaban J connectivity index is 1.41. The first kappa shape index (κ1) is 21.3. The molecule has 2 aliphatic carbocycles. The maximum atomic E-state index is 13.3. The fourth-order valence-corrected chi connectivity index (χ4v) is 5.33. The molecule has 1 heterocycles. The third kappa shape index (κ3) is 4.54. The van der Waals surface area contributed by atoms with E-state index >= 15 is 0 Å². The molecular formula is C22H31F2N3O3. The number of hydrogen-bond acceptors (Lipinski definition) is 5. The predicted molar refractivity (Wildman–Crippen MR) is 109 cm³/mol. The van der Waals surface area contributed by atoms with Gasteiger partial charge in [-0.05, 0) is 81.3 Å². The SMILES string of the molecule is O=C(NO)C1(Oc2ccc(NC3CCC(F)(F)CC3)cc2)CCC2(CCNCC2)C1. The highest BCUT2D eigenvalue weighted by molar-refractivity contribution is 5.85. The van der Waals surface area contributed by atoms with Crippen LogP contribution < -0.4 is 20.9 Å². The van der Waals surface area contributed by atoms with Gasteiger partial charge in [-0.3, -0.25) is 10.0 Å². The Labute approximate surface area is 175 Å². The summed E-state index contributed by atoms with van der Waals surface area (Å²) in [6.07, 6.45) is 4.78. The Morgan fingerprint density at radius 2 is 1.70 bits per heavy atom. The zero-order valence-electron chi connectivity index (χ0n) is 17.2. The molecule has 1 spiro atoms.